The van der Waals surface area contributed by atoms with Crippen LogP contribution in [0.5, 0.6) is 0 Å². The lowest BCUT2D eigenvalue weighted by atomic mass is 9.98. The summed E-state index contributed by atoms with van der Waals surface area (Å²) < 4.78 is 5.25. The SMILES string of the molecule is NC(=O)[C@H](CC(=O)O)NC(=O)OCC1c2ccccc2-c2ccccc21. The average molecular weight is 354 g/mol. The summed E-state index contributed by atoms with van der Waals surface area (Å²) in [5, 5.41) is 11.0. The summed E-state index contributed by atoms with van der Waals surface area (Å²) in [6.07, 6.45) is -1.48. The highest BCUT2D eigenvalue weighted by Crippen LogP contribution is 2.44. The monoisotopic (exact) mass is 354 g/mol. The summed E-state index contributed by atoms with van der Waals surface area (Å²) >= 11 is 0. The molecule has 0 radical (unpaired) electrons. The lowest BCUT2D eigenvalue weighted by Gasteiger charge is -2.17. The number of hydrogen-bond donors (Lipinski definition) is 3. The molecule has 1 aliphatic carbocycles. The van der Waals surface area contributed by atoms with Gasteiger partial charge in [-0.25, -0.2) is 4.79 Å². The highest BCUT2D eigenvalue weighted by Gasteiger charge is 2.29. The molecular weight excluding hydrogens is 336 g/mol. The number of amides is 2. The third-order valence-corrected chi connectivity index (χ3v) is 4.36. The molecule has 0 saturated heterocycles. The maximum atomic E-state index is 12.0. The Hall–Kier alpha value is -3.35. The maximum absolute atomic E-state index is 12.0. The molecule has 2 amide bonds. The van der Waals surface area contributed by atoms with Gasteiger partial charge in [-0.05, 0) is 22.3 Å². The largest absolute Gasteiger partial charge is 0.481 e. The molecule has 2 aromatic rings. The molecule has 4 N–H and O–H groups in total. The van der Waals surface area contributed by atoms with Crippen molar-refractivity contribution >= 4 is 18.0 Å². The molecule has 0 saturated carbocycles. The number of carboxylic acids is 1. The summed E-state index contributed by atoms with van der Waals surface area (Å²) in [5.74, 6) is -2.30. The van der Waals surface area contributed by atoms with Gasteiger partial charge in [0.05, 0.1) is 6.42 Å². The second kappa shape index (κ2) is 7.26. The molecule has 26 heavy (non-hydrogen) atoms. The minimum absolute atomic E-state index is 0.0679. The van der Waals surface area contributed by atoms with E-state index in [2.05, 4.69) is 5.32 Å². The minimum atomic E-state index is -1.32. The van der Waals surface area contributed by atoms with Gasteiger partial charge in [0.2, 0.25) is 5.91 Å². The van der Waals surface area contributed by atoms with Crippen molar-refractivity contribution in [3.8, 4) is 11.1 Å². The highest BCUT2D eigenvalue weighted by molar-refractivity contribution is 5.88. The number of primary amides is 1. The summed E-state index contributed by atoms with van der Waals surface area (Å²) in [6.45, 7) is 0.0679. The van der Waals surface area contributed by atoms with E-state index < -0.39 is 30.4 Å². The summed E-state index contributed by atoms with van der Waals surface area (Å²) in [6, 6.07) is 14.4. The number of carboxylic acid groups (broad SMARTS) is 1. The number of ether oxygens (including phenoxy) is 1. The van der Waals surface area contributed by atoms with Crippen LogP contribution in [0.15, 0.2) is 48.5 Å². The quantitative estimate of drug-likeness (QED) is 0.731. The first-order chi connectivity index (χ1) is 12.5. The molecule has 0 bridgehead atoms. The Bertz CT molecular complexity index is 819. The van der Waals surface area contributed by atoms with E-state index in [-0.39, 0.29) is 12.5 Å². The number of hydrogen-bond acceptors (Lipinski definition) is 4. The summed E-state index contributed by atoms with van der Waals surface area (Å²) in [4.78, 5) is 34.0. The van der Waals surface area contributed by atoms with Crippen LogP contribution in [-0.2, 0) is 14.3 Å². The van der Waals surface area contributed by atoms with Gasteiger partial charge in [0.1, 0.15) is 12.6 Å². The van der Waals surface area contributed by atoms with Crippen LogP contribution in [0.2, 0.25) is 0 Å². The fourth-order valence-electron chi connectivity index (χ4n) is 3.18. The Balaban J connectivity index is 1.71. The molecule has 0 spiro atoms. The zero-order valence-electron chi connectivity index (χ0n) is 13.8. The lowest BCUT2D eigenvalue weighted by Crippen LogP contribution is -2.46. The molecule has 0 fully saturated rings. The van der Waals surface area contributed by atoms with Crippen LogP contribution in [0.4, 0.5) is 4.79 Å². The van der Waals surface area contributed by atoms with Crippen molar-refractivity contribution in [3.63, 3.8) is 0 Å². The Morgan fingerprint density at radius 1 is 1.04 bits per heavy atom. The maximum Gasteiger partial charge on any atom is 0.407 e. The molecule has 0 aliphatic heterocycles. The smallest absolute Gasteiger partial charge is 0.407 e. The van der Waals surface area contributed by atoms with Gasteiger partial charge in [-0.15, -0.1) is 0 Å². The lowest BCUT2D eigenvalue weighted by molar-refractivity contribution is -0.139. The third kappa shape index (κ3) is 3.51. The van der Waals surface area contributed by atoms with E-state index in [4.69, 9.17) is 15.6 Å². The first-order valence-electron chi connectivity index (χ1n) is 8.10. The molecule has 0 heterocycles. The number of alkyl carbamates (subject to hydrolysis) is 1. The van der Waals surface area contributed by atoms with E-state index in [1.807, 2.05) is 48.5 Å². The molecule has 7 heteroatoms. The standard InChI is InChI=1S/C19H18N2O5/c20-18(24)16(9-17(22)23)21-19(25)26-10-15-13-7-3-1-5-11(13)12-6-2-4-8-14(12)15/h1-8,15-16H,9-10H2,(H2,20,24)(H,21,25)(H,22,23)/t16-/m0/s1. The molecule has 3 rings (SSSR count). The van der Waals surface area contributed by atoms with Gasteiger partial charge in [0, 0.05) is 5.92 Å². The van der Waals surface area contributed by atoms with E-state index in [1.54, 1.807) is 0 Å². The Labute approximate surface area is 149 Å². The Morgan fingerprint density at radius 2 is 1.58 bits per heavy atom. The van der Waals surface area contributed by atoms with Crippen LogP contribution in [-0.4, -0.2) is 35.7 Å². The molecular formula is C19H18N2O5. The van der Waals surface area contributed by atoms with Crippen LogP contribution in [0.25, 0.3) is 11.1 Å². The van der Waals surface area contributed by atoms with Gasteiger partial charge >= 0.3 is 12.1 Å². The van der Waals surface area contributed by atoms with Crippen LogP contribution in [0, 0.1) is 0 Å². The molecule has 2 aromatic carbocycles. The van der Waals surface area contributed by atoms with Gasteiger partial charge in [-0.2, -0.15) is 0 Å². The second-order valence-corrected chi connectivity index (χ2v) is 6.02. The van der Waals surface area contributed by atoms with Crippen LogP contribution in [0.1, 0.15) is 23.5 Å². The van der Waals surface area contributed by atoms with Gasteiger partial charge < -0.3 is 20.9 Å². The molecule has 7 nitrogen and oxygen atoms in total. The van der Waals surface area contributed by atoms with E-state index in [9.17, 15) is 14.4 Å². The first-order valence-corrected chi connectivity index (χ1v) is 8.10. The Kier molecular flexibility index (Phi) is 4.88. The fraction of sp³-hybridized carbons (Fsp3) is 0.211. The van der Waals surface area contributed by atoms with Gasteiger partial charge in [-0.1, -0.05) is 48.5 Å². The van der Waals surface area contributed by atoms with Gasteiger partial charge in [0.25, 0.3) is 0 Å². The number of nitrogens with two attached hydrogens (primary N) is 1. The third-order valence-electron chi connectivity index (χ3n) is 4.36. The van der Waals surface area contributed by atoms with Crippen molar-refractivity contribution < 1.29 is 24.2 Å². The van der Waals surface area contributed by atoms with E-state index in [0.29, 0.717) is 0 Å². The van der Waals surface area contributed by atoms with E-state index >= 15 is 0 Å². The second-order valence-electron chi connectivity index (χ2n) is 6.02. The number of carbonyl (C=O) groups is 3. The number of benzene rings is 2. The van der Waals surface area contributed by atoms with Crippen molar-refractivity contribution in [2.45, 2.75) is 18.4 Å². The molecule has 1 aliphatic rings. The predicted molar refractivity (Wildman–Crippen MR) is 93.4 cm³/mol. The van der Waals surface area contributed by atoms with E-state index in [1.165, 1.54) is 0 Å². The zero-order chi connectivity index (χ0) is 18.7. The number of aliphatic carboxylic acids is 1. The van der Waals surface area contributed by atoms with Crippen molar-refractivity contribution in [3.05, 3.63) is 59.7 Å². The van der Waals surface area contributed by atoms with Gasteiger partial charge in [0.15, 0.2) is 0 Å². The molecule has 0 unspecified atom stereocenters. The van der Waals surface area contributed by atoms with Crippen molar-refractivity contribution in [2.75, 3.05) is 6.61 Å². The normalized spacial score (nSPS) is 13.4. The summed E-state index contributed by atoms with van der Waals surface area (Å²) in [7, 11) is 0. The van der Waals surface area contributed by atoms with Crippen molar-refractivity contribution in [2.24, 2.45) is 5.73 Å². The minimum Gasteiger partial charge on any atom is -0.481 e. The number of carbonyl (C=O) groups excluding carboxylic acids is 2. The van der Waals surface area contributed by atoms with Crippen molar-refractivity contribution in [1.29, 1.82) is 0 Å². The molecule has 134 valence electrons. The number of fused-ring (bicyclic) bond motifs is 3. The fourth-order valence-corrected chi connectivity index (χ4v) is 3.18. The van der Waals surface area contributed by atoms with E-state index in [0.717, 1.165) is 22.3 Å². The van der Waals surface area contributed by atoms with Crippen molar-refractivity contribution in [1.82, 2.24) is 5.32 Å². The van der Waals surface area contributed by atoms with Crippen LogP contribution < -0.4 is 11.1 Å². The van der Waals surface area contributed by atoms with Crippen LogP contribution >= 0.6 is 0 Å². The highest BCUT2D eigenvalue weighted by atomic mass is 16.5. The molecule has 0 aromatic heterocycles. The molecule has 1 atom stereocenters. The van der Waals surface area contributed by atoms with Gasteiger partial charge in [-0.3, -0.25) is 9.59 Å². The first kappa shape index (κ1) is 17.5. The number of rotatable bonds is 6. The van der Waals surface area contributed by atoms with Crippen LogP contribution in [0.3, 0.4) is 0 Å². The zero-order valence-corrected chi connectivity index (χ0v) is 13.8. The number of nitrogens with one attached hydrogen (secondary N) is 1. The average Bonchev–Trinajstić information content (AvgIpc) is 2.93. The summed E-state index contributed by atoms with van der Waals surface area (Å²) in [5.41, 5.74) is 9.40. The topological polar surface area (TPSA) is 119 Å². The predicted octanol–water partition coefficient (Wildman–Crippen LogP) is 1.85. The Morgan fingerprint density at radius 3 is 2.08 bits per heavy atom.